The molecule has 0 amide bonds. The largest absolute Gasteiger partial charge is 0.772 e. The number of nitriles is 1. The van der Waals surface area contributed by atoms with Crippen molar-refractivity contribution in [3.05, 3.63) is 29.3 Å². The Morgan fingerprint density at radius 3 is 2.45 bits per heavy atom. The molecule has 0 saturated carbocycles. The smallest absolute Gasteiger partial charge is 0.310 e. The van der Waals surface area contributed by atoms with Crippen LogP contribution in [0.4, 0.5) is 0 Å². The van der Waals surface area contributed by atoms with Gasteiger partial charge >= 0.3 is 5.97 Å². The lowest BCUT2D eigenvalue weighted by Crippen LogP contribution is -2.00. The lowest BCUT2D eigenvalue weighted by atomic mass is 10.1. The average molecular weight is 326 g/mol. The Morgan fingerprint density at radius 2 is 2.09 bits per heavy atom. The average Bonchev–Trinajstić information content (AvgIpc) is 2.39. The highest BCUT2D eigenvalue weighted by Crippen LogP contribution is 2.19. The molecular weight excluding hydrogens is 310 g/mol. The van der Waals surface area contributed by atoms with Gasteiger partial charge in [0, 0.05) is 5.75 Å². The van der Waals surface area contributed by atoms with Crippen LogP contribution >= 0.6 is 0 Å². The van der Waals surface area contributed by atoms with Crippen molar-refractivity contribution in [2.75, 3.05) is 6.61 Å². The van der Waals surface area contributed by atoms with Gasteiger partial charge in [-0.2, -0.15) is 5.26 Å². The lowest BCUT2D eigenvalue weighted by molar-refractivity contribution is -0.139. The number of carbonyl (C=O) groups excluding carboxylic acids is 1. The Hall–Kier alpha value is -2.24. The second kappa shape index (κ2) is 10.5. The summed E-state index contributed by atoms with van der Waals surface area (Å²) < 4.78 is 26.1. The number of carbonyl (C=O) groups is 2. The standard InChI is InChI=1S/C10H11NO3S.C4H6O3/c1-2-14-10-4-3-8(7-15(12)13)5-9(10)6-11;1-3(5)2-4(6)7/h3-5H,2,7H2,1H3,(H,12,13);2H2,1H3,(H,6,7)/p-1. The molecule has 1 aromatic carbocycles. The van der Waals surface area contributed by atoms with Crippen LogP contribution in [0.2, 0.25) is 0 Å². The first kappa shape index (κ1) is 19.8. The summed E-state index contributed by atoms with van der Waals surface area (Å²) in [5.74, 6) is -0.971. The number of hydrogen-bond acceptors (Lipinski definition) is 6. The summed E-state index contributed by atoms with van der Waals surface area (Å²) in [6.07, 6.45) is -0.361. The molecule has 120 valence electrons. The maximum atomic E-state index is 10.5. The van der Waals surface area contributed by atoms with E-state index in [2.05, 4.69) is 0 Å². The van der Waals surface area contributed by atoms with E-state index >= 15 is 0 Å². The summed E-state index contributed by atoms with van der Waals surface area (Å²) in [6.45, 7) is 3.54. The number of Topliss-reactive ketones (excluding diaryl/α,β-unsaturated/α-hetero) is 1. The van der Waals surface area contributed by atoms with E-state index in [-0.39, 0.29) is 18.0 Å². The third-order valence-electron chi connectivity index (χ3n) is 2.15. The molecule has 0 aliphatic carbocycles. The van der Waals surface area contributed by atoms with Crippen LogP contribution < -0.4 is 4.74 Å². The molecule has 0 aromatic heterocycles. The highest BCUT2D eigenvalue weighted by molar-refractivity contribution is 7.78. The van der Waals surface area contributed by atoms with Gasteiger partial charge in [-0.25, -0.2) is 0 Å². The molecule has 0 radical (unpaired) electrons. The van der Waals surface area contributed by atoms with Crippen molar-refractivity contribution >= 4 is 22.8 Å². The second-order valence-electron chi connectivity index (χ2n) is 4.10. The van der Waals surface area contributed by atoms with E-state index in [1.165, 1.54) is 13.0 Å². The zero-order valence-electron chi connectivity index (χ0n) is 12.2. The predicted octanol–water partition coefficient (Wildman–Crippen LogP) is 1.39. The van der Waals surface area contributed by atoms with E-state index in [9.17, 15) is 18.4 Å². The Bertz CT molecular complexity index is 581. The molecular formula is C14H16NO6S-. The number of carboxylic acids is 1. The maximum Gasteiger partial charge on any atom is 0.310 e. The van der Waals surface area contributed by atoms with Crippen molar-refractivity contribution in [3.63, 3.8) is 0 Å². The molecule has 1 aromatic rings. The van der Waals surface area contributed by atoms with Crippen LogP contribution in [0.3, 0.4) is 0 Å². The van der Waals surface area contributed by atoms with Gasteiger partial charge in [-0.15, -0.1) is 0 Å². The van der Waals surface area contributed by atoms with Crippen molar-refractivity contribution in [2.45, 2.75) is 26.0 Å². The summed E-state index contributed by atoms with van der Waals surface area (Å²) >= 11 is -2.14. The van der Waals surface area contributed by atoms with Gasteiger partial charge in [-0.05, 0) is 31.5 Å². The van der Waals surface area contributed by atoms with Gasteiger partial charge in [-0.3, -0.25) is 13.8 Å². The SMILES string of the molecule is CC(=O)CC(=O)O.CCOc1ccc(CS(=O)[O-])cc1C#N. The van der Waals surface area contributed by atoms with Crippen molar-refractivity contribution < 1.29 is 28.2 Å². The van der Waals surface area contributed by atoms with Crippen molar-refractivity contribution in [1.29, 1.82) is 5.26 Å². The van der Waals surface area contributed by atoms with E-state index in [0.29, 0.717) is 23.5 Å². The number of nitrogens with zero attached hydrogens (tertiary/aromatic N) is 1. The predicted molar refractivity (Wildman–Crippen MR) is 77.9 cm³/mol. The minimum Gasteiger partial charge on any atom is -0.772 e. The number of ketones is 1. The van der Waals surface area contributed by atoms with E-state index in [1.54, 1.807) is 12.1 Å². The van der Waals surface area contributed by atoms with Crippen LogP contribution in [0.1, 0.15) is 31.4 Å². The van der Waals surface area contributed by atoms with E-state index in [4.69, 9.17) is 15.1 Å². The summed E-state index contributed by atoms with van der Waals surface area (Å²) in [5.41, 5.74) is 0.947. The molecule has 1 N–H and O–H groups in total. The van der Waals surface area contributed by atoms with Crippen LogP contribution in [0, 0.1) is 11.3 Å². The first-order valence-electron chi connectivity index (χ1n) is 6.23. The molecule has 0 aliphatic heterocycles. The van der Waals surface area contributed by atoms with Gasteiger partial charge < -0.3 is 14.4 Å². The van der Waals surface area contributed by atoms with Gasteiger partial charge in [-0.1, -0.05) is 17.1 Å². The number of hydrogen-bond donors (Lipinski definition) is 1. The summed E-state index contributed by atoms with van der Waals surface area (Å²) in [7, 11) is 0. The van der Waals surface area contributed by atoms with Crippen molar-refractivity contribution in [1.82, 2.24) is 0 Å². The molecule has 1 unspecified atom stereocenters. The minimum absolute atomic E-state index is 0.0823. The molecule has 0 saturated heterocycles. The van der Waals surface area contributed by atoms with Gasteiger partial charge in [0.2, 0.25) is 0 Å². The van der Waals surface area contributed by atoms with E-state index < -0.39 is 17.0 Å². The molecule has 0 heterocycles. The molecule has 0 fully saturated rings. The number of aliphatic carboxylic acids is 1. The van der Waals surface area contributed by atoms with Crippen LogP contribution in [0.15, 0.2) is 18.2 Å². The van der Waals surface area contributed by atoms with Crippen molar-refractivity contribution in [3.8, 4) is 11.8 Å². The number of carboxylic acid groups (broad SMARTS) is 1. The first-order chi connectivity index (χ1) is 10.3. The fourth-order valence-electron chi connectivity index (χ4n) is 1.38. The molecule has 22 heavy (non-hydrogen) atoms. The van der Waals surface area contributed by atoms with Gasteiger partial charge in [0.05, 0.1) is 12.2 Å². The molecule has 0 aliphatic rings. The van der Waals surface area contributed by atoms with E-state index in [0.717, 1.165) is 0 Å². The number of rotatable bonds is 6. The van der Waals surface area contributed by atoms with Crippen LogP contribution in [0.5, 0.6) is 5.75 Å². The van der Waals surface area contributed by atoms with Gasteiger partial charge in [0.1, 0.15) is 24.0 Å². The Balaban J connectivity index is 0.000000534. The van der Waals surface area contributed by atoms with Crippen LogP contribution in [0.25, 0.3) is 0 Å². The third kappa shape index (κ3) is 8.84. The third-order valence-corrected chi connectivity index (χ3v) is 2.72. The molecule has 8 heteroatoms. The van der Waals surface area contributed by atoms with Crippen LogP contribution in [-0.4, -0.2) is 32.2 Å². The number of benzene rings is 1. The second-order valence-corrected chi connectivity index (χ2v) is 4.99. The molecule has 1 atom stereocenters. The fourth-order valence-corrected chi connectivity index (χ4v) is 1.84. The zero-order chi connectivity index (χ0) is 17.1. The van der Waals surface area contributed by atoms with Gasteiger partial charge in [0.25, 0.3) is 0 Å². The minimum atomic E-state index is -2.14. The van der Waals surface area contributed by atoms with Gasteiger partial charge in [0.15, 0.2) is 0 Å². The Morgan fingerprint density at radius 1 is 1.45 bits per heavy atom. The quantitative estimate of drug-likeness (QED) is 0.618. The maximum absolute atomic E-state index is 10.5. The zero-order valence-corrected chi connectivity index (χ0v) is 13.0. The number of ether oxygens (including phenoxy) is 1. The topological polar surface area (TPSA) is 128 Å². The monoisotopic (exact) mass is 326 g/mol. The summed E-state index contributed by atoms with van der Waals surface area (Å²) in [6, 6.07) is 6.75. The lowest BCUT2D eigenvalue weighted by Gasteiger charge is -2.08. The Labute approximate surface area is 130 Å². The molecule has 7 nitrogen and oxygen atoms in total. The summed E-state index contributed by atoms with van der Waals surface area (Å²) in [5, 5.41) is 16.7. The van der Waals surface area contributed by atoms with Crippen LogP contribution in [-0.2, 0) is 26.4 Å². The molecule has 0 spiro atoms. The molecule has 0 bridgehead atoms. The van der Waals surface area contributed by atoms with E-state index in [1.807, 2.05) is 13.0 Å². The fraction of sp³-hybridized carbons (Fsp3) is 0.357. The van der Waals surface area contributed by atoms with Crippen molar-refractivity contribution in [2.24, 2.45) is 0 Å². The normalized spacial score (nSPS) is 10.6. The first-order valence-corrected chi connectivity index (χ1v) is 7.47. The Kier molecular flexibility index (Phi) is 9.41. The highest BCUT2D eigenvalue weighted by atomic mass is 32.2. The highest BCUT2D eigenvalue weighted by Gasteiger charge is 2.04. The summed E-state index contributed by atoms with van der Waals surface area (Å²) in [4.78, 5) is 19.5. The molecule has 1 rings (SSSR count).